The van der Waals surface area contributed by atoms with Crippen LogP contribution in [0, 0.1) is 11.8 Å². The molecule has 0 bridgehead atoms. The number of benzene rings is 1. The summed E-state index contributed by atoms with van der Waals surface area (Å²) in [5, 5.41) is 6.81. The minimum atomic E-state index is -0.829. The summed E-state index contributed by atoms with van der Waals surface area (Å²) < 4.78 is 6.22. The third-order valence-electron chi connectivity index (χ3n) is 4.40. The highest BCUT2D eigenvalue weighted by Gasteiger charge is 2.28. The van der Waals surface area contributed by atoms with Crippen molar-refractivity contribution in [3.05, 3.63) is 51.8 Å². The summed E-state index contributed by atoms with van der Waals surface area (Å²) in [6.07, 6.45) is 0.407. The van der Waals surface area contributed by atoms with E-state index in [4.69, 9.17) is 4.42 Å². The molecular formula is C22H32N4O4. The van der Waals surface area contributed by atoms with Crippen LogP contribution < -0.4 is 11.1 Å². The first kappa shape index (κ1) is 23.5. The Morgan fingerprint density at radius 2 is 1.73 bits per heavy atom. The third-order valence-corrected chi connectivity index (χ3v) is 4.40. The molecule has 1 unspecified atom stereocenters. The Balaban J connectivity index is 2.18. The van der Waals surface area contributed by atoms with E-state index in [-0.39, 0.29) is 23.6 Å². The number of amides is 1. The number of hydrogen-bond acceptors (Lipinski definition) is 6. The number of carbonyl (C=O) groups is 2. The number of hydrogen-bond donors (Lipinski definition) is 1. The molecule has 1 N–H and O–H groups in total. The van der Waals surface area contributed by atoms with Gasteiger partial charge in [-0.3, -0.25) is 9.59 Å². The van der Waals surface area contributed by atoms with E-state index in [1.54, 1.807) is 12.1 Å². The zero-order valence-corrected chi connectivity index (χ0v) is 18.6. The normalized spacial score (nSPS) is 12.6. The van der Waals surface area contributed by atoms with Gasteiger partial charge in [-0.15, -0.1) is 5.10 Å². The highest BCUT2D eigenvalue weighted by atomic mass is 16.4. The summed E-state index contributed by atoms with van der Waals surface area (Å²) in [7, 11) is 3.95. The van der Waals surface area contributed by atoms with Gasteiger partial charge in [0.15, 0.2) is 0 Å². The molecule has 0 spiro atoms. The van der Waals surface area contributed by atoms with Crippen molar-refractivity contribution < 1.29 is 14.0 Å². The van der Waals surface area contributed by atoms with Crippen LogP contribution in [-0.4, -0.2) is 46.5 Å². The Kier molecular flexibility index (Phi) is 8.11. The Morgan fingerprint density at radius 1 is 1.10 bits per heavy atom. The SMILES string of the molecule is CC(C)CC(NC(=O)c1ccc(CN(C)C)cc1)C(=O)c1nn(CC(C)C)c(=O)o1. The fraction of sp³-hybridized carbons (Fsp3) is 0.545. The number of nitrogens with zero attached hydrogens (tertiary/aromatic N) is 3. The minimum Gasteiger partial charge on any atom is -0.384 e. The van der Waals surface area contributed by atoms with Gasteiger partial charge in [0.05, 0.1) is 12.6 Å². The topological polar surface area (TPSA) is 97.4 Å². The molecule has 8 nitrogen and oxygen atoms in total. The molecule has 0 radical (unpaired) electrons. The van der Waals surface area contributed by atoms with Crippen molar-refractivity contribution in [2.24, 2.45) is 11.8 Å². The van der Waals surface area contributed by atoms with E-state index in [2.05, 4.69) is 10.4 Å². The van der Waals surface area contributed by atoms with Crippen LogP contribution in [0.4, 0.5) is 0 Å². The molecule has 164 valence electrons. The fourth-order valence-corrected chi connectivity index (χ4v) is 3.09. The zero-order valence-electron chi connectivity index (χ0n) is 18.6. The number of carbonyl (C=O) groups excluding carboxylic acids is 2. The van der Waals surface area contributed by atoms with Gasteiger partial charge in [0.1, 0.15) is 0 Å². The lowest BCUT2D eigenvalue weighted by molar-refractivity contribution is 0.0824. The van der Waals surface area contributed by atoms with Gasteiger partial charge in [-0.2, -0.15) is 4.68 Å². The van der Waals surface area contributed by atoms with E-state index in [0.717, 1.165) is 16.8 Å². The largest absolute Gasteiger partial charge is 0.437 e. The number of nitrogens with one attached hydrogen (secondary N) is 1. The standard InChI is InChI=1S/C22H32N4O4/c1-14(2)11-18(19(27)21-24-26(12-15(3)4)22(29)30-21)23-20(28)17-9-7-16(8-10-17)13-25(5)6/h7-10,14-15,18H,11-13H2,1-6H3,(H,23,28). The maximum atomic E-state index is 12.9. The smallest absolute Gasteiger partial charge is 0.384 e. The van der Waals surface area contributed by atoms with Gasteiger partial charge in [0, 0.05) is 12.1 Å². The van der Waals surface area contributed by atoms with Crippen LogP contribution in [-0.2, 0) is 13.1 Å². The van der Waals surface area contributed by atoms with E-state index < -0.39 is 17.6 Å². The minimum absolute atomic E-state index is 0.145. The fourth-order valence-electron chi connectivity index (χ4n) is 3.09. The third kappa shape index (κ3) is 6.66. The van der Waals surface area contributed by atoms with Crippen LogP contribution in [0.15, 0.2) is 33.5 Å². The van der Waals surface area contributed by atoms with Crippen molar-refractivity contribution in [2.45, 2.75) is 53.2 Å². The predicted molar refractivity (Wildman–Crippen MR) is 114 cm³/mol. The lowest BCUT2D eigenvalue weighted by Crippen LogP contribution is -2.42. The summed E-state index contributed by atoms with van der Waals surface area (Å²) in [5.74, 6) is -1.47. The molecule has 8 heteroatoms. The second-order valence-corrected chi connectivity index (χ2v) is 8.70. The Hall–Kier alpha value is -2.74. The maximum absolute atomic E-state index is 12.9. The van der Waals surface area contributed by atoms with Crippen LogP contribution in [0.5, 0.6) is 0 Å². The van der Waals surface area contributed by atoms with Crippen molar-refractivity contribution >= 4 is 11.7 Å². The molecule has 1 atom stereocenters. The van der Waals surface area contributed by atoms with E-state index in [9.17, 15) is 14.4 Å². The lowest BCUT2D eigenvalue weighted by atomic mass is 9.99. The average Bonchev–Trinajstić information content (AvgIpc) is 3.00. The number of ketones is 1. The molecule has 0 aliphatic rings. The van der Waals surface area contributed by atoms with Crippen LogP contribution in [0.2, 0.25) is 0 Å². The van der Waals surface area contributed by atoms with Crippen molar-refractivity contribution in [3.8, 4) is 0 Å². The second-order valence-electron chi connectivity index (χ2n) is 8.70. The van der Waals surface area contributed by atoms with Crippen LogP contribution in [0.1, 0.15) is 60.7 Å². The van der Waals surface area contributed by atoms with Crippen molar-refractivity contribution in [1.29, 1.82) is 0 Å². The molecule has 0 saturated heterocycles. The monoisotopic (exact) mass is 416 g/mol. The summed E-state index contributed by atoms with van der Waals surface area (Å²) in [6, 6.07) is 6.43. The van der Waals surface area contributed by atoms with E-state index in [1.165, 1.54) is 0 Å². The maximum Gasteiger partial charge on any atom is 0.437 e. The Labute approximate surface area is 177 Å². The summed E-state index contributed by atoms with van der Waals surface area (Å²) in [6.45, 7) is 8.92. The first-order valence-electron chi connectivity index (χ1n) is 10.2. The van der Waals surface area contributed by atoms with Gasteiger partial charge in [-0.05, 0) is 50.0 Å². The predicted octanol–water partition coefficient (Wildman–Crippen LogP) is 2.58. The molecule has 0 aliphatic carbocycles. The first-order valence-corrected chi connectivity index (χ1v) is 10.2. The molecule has 1 heterocycles. The van der Waals surface area contributed by atoms with Gasteiger partial charge in [0.25, 0.3) is 11.8 Å². The number of aromatic nitrogens is 2. The highest BCUT2D eigenvalue weighted by Crippen LogP contribution is 2.12. The van der Waals surface area contributed by atoms with Crippen LogP contribution in [0.3, 0.4) is 0 Å². The van der Waals surface area contributed by atoms with Gasteiger partial charge >= 0.3 is 5.76 Å². The van der Waals surface area contributed by atoms with Crippen molar-refractivity contribution in [3.63, 3.8) is 0 Å². The molecular weight excluding hydrogens is 384 g/mol. The van der Waals surface area contributed by atoms with Gasteiger partial charge < -0.3 is 14.6 Å². The number of rotatable bonds is 10. The second kappa shape index (κ2) is 10.3. The molecule has 1 amide bonds. The number of Topliss-reactive ketones (excluding diaryl/α,β-unsaturated/α-hetero) is 1. The molecule has 1 aromatic carbocycles. The van der Waals surface area contributed by atoms with Gasteiger partial charge in [-0.25, -0.2) is 4.79 Å². The summed E-state index contributed by atoms with van der Waals surface area (Å²) in [5.41, 5.74) is 1.55. The molecule has 1 aromatic heterocycles. The first-order chi connectivity index (χ1) is 14.1. The van der Waals surface area contributed by atoms with Crippen LogP contribution in [0.25, 0.3) is 0 Å². The van der Waals surface area contributed by atoms with Gasteiger partial charge in [-0.1, -0.05) is 39.8 Å². The molecule has 0 aliphatic heterocycles. The zero-order chi connectivity index (χ0) is 22.4. The molecule has 0 saturated carbocycles. The van der Waals surface area contributed by atoms with Crippen LogP contribution >= 0.6 is 0 Å². The summed E-state index contributed by atoms with van der Waals surface area (Å²) >= 11 is 0. The average molecular weight is 417 g/mol. The molecule has 2 rings (SSSR count). The van der Waals surface area contributed by atoms with E-state index in [0.29, 0.717) is 18.5 Å². The van der Waals surface area contributed by atoms with Crippen molar-refractivity contribution in [1.82, 2.24) is 20.0 Å². The molecule has 0 fully saturated rings. The van der Waals surface area contributed by atoms with E-state index >= 15 is 0 Å². The lowest BCUT2D eigenvalue weighted by Gasteiger charge is -2.18. The highest BCUT2D eigenvalue weighted by molar-refractivity contribution is 6.02. The quantitative estimate of drug-likeness (QED) is 0.598. The van der Waals surface area contributed by atoms with E-state index in [1.807, 2.05) is 58.8 Å². The Morgan fingerprint density at radius 3 is 2.27 bits per heavy atom. The summed E-state index contributed by atoms with van der Waals surface area (Å²) in [4.78, 5) is 39.7. The molecule has 30 heavy (non-hydrogen) atoms. The molecule has 2 aromatic rings. The Bertz CT molecular complexity index is 910. The van der Waals surface area contributed by atoms with Gasteiger partial charge in [0.2, 0.25) is 5.78 Å². The van der Waals surface area contributed by atoms with Crippen molar-refractivity contribution in [2.75, 3.05) is 14.1 Å².